The highest BCUT2D eigenvalue weighted by Gasteiger charge is 2.36. The topological polar surface area (TPSA) is 58.5 Å². The van der Waals surface area contributed by atoms with E-state index >= 15 is 0 Å². The molecule has 3 rings (SSSR count). The Morgan fingerprint density at radius 3 is 2.48 bits per heavy atom. The number of methoxy groups -OCH3 is 1. The Balaban J connectivity index is 1.69. The molecule has 0 saturated carbocycles. The van der Waals surface area contributed by atoms with Gasteiger partial charge in [0, 0.05) is 43.1 Å². The van der Waals surface area contributed by atoms with Crippen LogP contribution < -0.4 is 9.64 Å². The number of anilines is 1. The molecule has 1 aliphatic heterocycles. The van der Waals surface area contributed by atoms with E-state index in [-0.39, 0.29) is 12.0 Å². The van der Waals surface area contributed by atoms with Crippen molar-refractivity contribution in [2.45, 2.75) is 25.4 Å². The minimum atomic E-state index is -4.44. The normalized spacial score (nSPS) is 17.0. The van der Waals surface area contributed by atoms with Gasteiger partial charge in [0.15, 0.2) is 0 Å². The van der Waals surface area contributed by atoms with Gasteiger partial charge in [-0.3, -0.25) is 4.98 Å². The number of ether oxygens (including phenoxy) is 1. The molecule has 0 aliphatic carbocycles. The summed E-state index contributed by atoms with van der Waals surface area (Å²) in [6, 6.07) is 4.25. The summed E-state index contributed by atoms with van der Waals surface area (Å²) in [5, 5.41) is 10.0. The maximum absolute atomic E-state index is 12.7. The lowest BCUT2D eigenvalue weighted by atomic mass is 9.74. The van der Waals surface area contributed by atoms with Crippen molar-refractivity contribution < 1.29 is 23.0 Å². The lowest BCUT2D eigenvalue weighted by molar-refractivity contribution is -0.141. The van der Waals surface area contributed by atoms with Crippen molar-refractivity contribution in [2.75, 3.05) is 31.7 Å². The third-order valence-electron chi connectivity index (χ3n) is 5.21. The number of piperidine rings is 1. The van der Waals surface area contributed by atoms with Crippen LogP contribution in [0.3, 0.4) is 0 Å². The predicted molar refractivity (Wildman–Crippen MR) is 94.7 cm³/mol. The molecule has 0 bridgehead atoms. The van der Waals surface area contributed by atoms with Gasteiger partial charge in [-0.15, -0.1) is 0 Å². The molecule has 5 nitrogen and oxygen atoms in total. The van der Waals surface area contributed by atoms with Gasteiger partial charge in [-0.05, 0) is 37.5 Å². The second-order valence-corrected chi connectivity index (χ2v) is 6.91. The first-order valence-corrected chi connectivity index (χ1v) is 8.73. The molecule has 1 N–H and O–H groups in total. The van der Waals surface area contributed by atoms with Gasteiger partial charge in [0.2, 0.25) is 0 Å². The molecular weight excluding hydrogens is 359 g/mol. The maximum Gasteiger partial charge on any atom is 0.433 e. The van der Waals surface area contributed by atoms with Crippen LogP contribution in [0.5, 0.6) is 5.75 Å². The summed E-state index contributed by atoms with van der Waals surface area (Å²) in [4.78, 5) is 9.68. The number of rotatable bonds is 5. The minimum absolute atomic E-state index is 0.0319. The SMILES string of the molecule is COc1ccncc1CC1(CO)CCN(c2ccc(C(F)(F)F)nc2)CC1. The zero-order chi connectivity index (χ0) is 19.5. The second kappa shape index (κ2) is 7.72. The summed E-state index contributed by atoms with van der Waals surface area (Å²) in [5.74, 6) is 0.743. The van der Waals surface area contributed by atoms with Gasteiger partial charge in [0.1, 0.15) is 11.4 Å². The quantitative estimate of drug-likeness (QED) is 0.861. The molecule has 1 fully saturated rings. The molecule has 2 aromatic rings. The molecule has 1 aliphatic rings. The first-order chi connectivity index (χ1) is 12.9. The molecule has 0 spiro atoms. The van der Waals surface area contributed by atoms with Crippen molar-refractivity contribution in [3.05, 3.63) is 48.0 Å². The van der Waals surface area contributed by atoms with Crippen molar-refractivity contribution in [1.82, 2.24) is 9.97 Å². The standard InChI is InChI=1S/C19H22F3N3O2/c1-27-16-4-7-23-11-14(16)10-18(13-26)5-8-25(9-6-18)15-2-3-17(24-12-15)19(20,21)22/h2-4,7,11-12,26H,5-6,8-10,13H2,1H3. The van der Waals surface area contributed by atoms with Gasteiger partial charge in [0.05, 0.1) is 19.0 Å². The minimum Gasteiger partial charge on any atom is -0.496 e. The third kappa shape index (κ3) is 4.32. The molecule has 3 heterocycles. The van der Waals surface area contributed by atoms with E-state index in [1.54, 1.807) is 25.6 Å². The van der Waals surface area contributed by atoms with E-state index in [1.165, 1.54) is 12.3 Å². The molecule has 1 saturated heterocycles. The van der Waals surface area contributed by atoms with Crippen LogP contribution in [0.15, 0.2) is 36.8 Å². The highest BCUT2D eigenvalue weighted by atomic mass is 19.4. The number of aliphatic hydroxyl groups excluding tert-OH is 1. The molecular formula is C19H22F3N3O2. The maximum atomic E-state index is 12.7. The van der Waals surface area contributed by atoms with E-state index in [1.807, 2.05) is 4.90 Å². The fourth-order valence-electron chi connectivity index (χ4n) is 3.52. The first kappa shape index (κ1) is 19.4. The van der Waals surface area contributed by atoms with Crippen LogP contribution in [0.2, 0.25) is 0 Å². The van der Waals surface area contributed by atoms with Gasteiger partial charge in [-0.25, -0.2) is 4.98 Å². The lowest BCUT2D eigenvalue weighted by Crippen LogP contribution is -2.43. The van der Waals surface area contributed by atoms with Crippen LogP contribution in [0.25, 0.3) is 0 Å². The van der Waals surface area contributed by atoms with Crippen molar-refractivity contribution in [3.63, 3.8) is 0 Å². The number of pyridine rings is 2. The Labute approximate surface area is 155 Å². The van der Waals surface area contributed by atoms with Crippen LogP contribution >= 0.6 is 0 Å². The van der Waals surface area contributed by atoms with Gasteiger partial charge in [0.25, 0.3) is 0 Å². The molecule has 2 aromatic heterocycles. The van der Waals surface area contributed by atoms with Crippen LogP contribution in [-0.2, 0) is 12.6 Å². The third-order valence-corrected chi connectivity index (χ3v) is 5.21. The fraction of sp³-hybridized carbons (Fsp3) is 0.474. The predicted octanol–water partition coefficient (Wildman–Crippen LogP) is 3.33. The highest BCUT2D eigenvalue weighted by molar-refractivity contribution is 5.45. The average Bonchev–Trinajstić information content (AvgIpc) is 2.68. The number of hydrogen-bond donors (Lipinski definition) is 1. The molecule has 0 unspecified atom stereocenters. The molecule has 27 heavy (non-hydrogen) atoms. The van der Waals surface area contributed by atoms with E-state index in [9.17, 15) is 18.3 Å². The molecule has 146 valence electrons. The van der Waals surface area contributed by atoms with Crippen molar-refractivity contribution >= 4 is 5.69 Å². The molecule has 0 radical (unpaired) electrons. The second-order valence-electron chi connectivity index (χ2n) is 6.91. The highest BCUT2D eigenvalue weighted by Crippen LogP contribution is 2.38. The Kier molecular flexibility index (Phi) is 5.55. The number of alkyl halides is 3. The number of hydrogen-bond acceptors (Lipinski definition) is 5. The number of halogens is 3. The number of aliphatic hydroxyl groups is 1. The number of aromatic nitrogens is 2. The summed E-state index contributed by atoms with van der Waals surface area (Å²) in [6.45, 7) is 1.30. The zero-order valence-electron chi connectivity index (χ0n) is 15.0. The van der Waals surface area contributed by atoms with E-state index < -0.39 is 11.9 Å². The Bertz CT molecular complexity index is 758. The fourth-order valence-corrected chi connectivity index (χ4v) is 3.52. The van der Waals surface area contributed by atoms with Gasteiger partial charge in [-0.2, -0.15) is 13.2 Å². The largest absolute Gasteiger partial charge is 0.496 e. The van der Waals surface area contributed by atoms with E-state index in [2.05, 4.69) is 9.97 Å². The van der Waals surface area contributed by atoms with Crippen molar-refractivity contribution in [2.24, 2.45) is 5.41 Å². The van der Waals surface area contributed by atoms with Gasteiger partial charge in [-0.1, -0.05) is 0 Å². The molecule has 0 aromatic carbocycles. The van der Waals surface area contributed by atoms with Crippen LogP contribution in [0.4, 0.5) is 18.9 Å². The van der Waals surface area contributed by atoms with E-state index in [4.69, 9.17) is 4.74 Å². The Hall–Kier alpha value is -2.35. The summed E-state index contributed by atoms with van der Waals surface area (Å²) in [5.41, 5.74) is 0.412. The Morgan fingerprint density at radius 2 is 1.93 bits per heavy atom. The van der Waals surface area contributed by atoms with Crippen LogP contribution in [0, 0.1) is 5.41 Å². The van der Waals surface area contributed by atoms with E-state index in [0.717, 1.165) is 17.4 Å². The summed E-state index contributed by atoms with van der Waals surface area (Å²) in [7, 11) is 1.60. The van der Waals surface area contributed by atoms with Crippen LogP contribution in [-0.4, -0.2) is 41.9 Å². The first-order valence-electron chi connectivity index (χ1n) is 8.73. The van der Waals surface area contributed by atoms with Crippen LogP contribution in [0.1, 0.15) is 24.1 Å². The average molecular weight is 381 g/mol. The summed E-state index contributed by atoms with van der Waals surface area (Å²) >= 11 is 0. The van der Waals surface area contributed by atoms with Gasteiger partial charge < -0.3 is 14.7 Å². The zero-order valence-corrected chi connectivity index (χ0v) is 15.0. The number of nitrogens with zero attached hydrogens (tertiary/aromatic N) is 3. The summed E-state index contributed by atoms with van der Waals surface area (Å²) in [6.07, 6.45) is 2.30. The van der Waals surface area contributed by atoms with Crippen molar-refractivity contribution in [1.29, 1.82) is 0 Å². The monoisotopic (exact) mass is 381 g/mol. The lowest BCUT2D eigenvalue weighted by Gasteiger charge is -2.42. The Morgan fingerprint density at radius 1 is 1.19 bits per heavy atom. The molecule has 8 heteroatoms. The smallest absolute Gasteiger partial charge is 0.433 e. The van der Waals surface area contributed by atoms with Gasteiger partial charge >= 0.3 is 6.18 Å². The van der Waals surface area contributed by atoms with Crippen molar-refractivity contribution in [3.8, 4) is 5.75 Å². The molecule has 0 atom stereocenters. The van der Waals surface area contributed by atoms with E-state index in [0.29, 0.717) is 38.0 Å². The summed E-state index contributed by atoms with van der Waals surface area (Å²) < 4.78 is 43.3. The molecule has 0 amide bonds.